The minimum Gasteiger partial charge on any atom is -0.481 e. The third-order valence-electron chi connectivity index (χ3n) is 2.03. The summed E-state index contributed by atoms with van der Waals surface area (Å²) in [7, 11) is 0. The van der Waals surface area contributed by atoms with Crippen LogP contribution >= 0.6 is 15.9 Å². The van der Waals surface area contributed by atoms with E-state index in [-0.39, 0.29) is 22.2 Å². The Bertz CT molecular complexity index is 486. The Kier molecular flexibility index (Phi) is 4.52. The minimum absolute atomic E-state index is 0.0767. The Hall–Kier alpha value is -1.55. The maximum Gasteiger partial charge on any atom is 0.307 e. The first-order chi connectivity index (χ1) is 7.99. The van der Waals surface area contributed by atoms with Gasteiger partial charge in [-0.2, -0.15) is 5.26 Å². The Morgan fingerprint density at radius 2 is 2.29 bits per heavy atom. The number of halogens is 3. The molecule has 0 fully saturated rings. The monoisotopic (exact) mass is 304 g/mol. The molecule has 17 heavy (non-hydrogen) atoms. The van der Waals surface area contributed by atoms with Gasteiger partial charge in [-0.05, 0) is 6.07 Å². The first-order valence-electron chi connectivity index (χ1n) is 4.48. The summed E-state index contributed by atoms with van der Waals surface area (Å²) in [6.07, 6.45) is -3.21. The maximum atomic E-state index is 12.5. The molecule has 1 aromatic rings. The SMILES string of the molecule is N#Cc1cc(C(F)F)nc(CBr)c1CC(=O)O. The number of rotatable bonds is 4. The van der Waals surface area contributed by atoms with E-state index in [0.717, 1.165) is 6.07 Å². The lowest BCUT2D eigenvalue weighted by Gasteiger charge is -2.09. The zero-order valence-corrected chi connectivity index (χ0v) is 10.0. The average Bonchev–Trinajstić information content (AvgIpc) is 2.28. The van der Waals surface area contributed by atoms with Gasteiger partial charge < -0.3 is 5.11 Å². The summed E-state index contributed by atoms with van der Waals surface area (Å²) in [6, 6.07) is 2.64. The van der Waals surface area contributed by atoms with Crippen molar-refractivity contribution < 1.29 is 18.7 Å². The van der Waals surface area contributed by atoms with Crippen molar-refractivity contribution in [1.82, 2.24) is 4.98 Å². The third-order valence-corrected chi connectivity index (χ3v) is 2.56. The van der Waals surface area contributed by atoms with E-state index in [2.05, 4.69) is 20.9 Å². The highest BCUT2D eigenvalue weighted by atomic mass is 79.9. The van der Waals surface area contributed by atoms with Crippen molar-refractivity contribution in [2.75, 3.05) is 0 Å². The molecule has 0 amide bonds. The van der Waals surface area contributed by atoms with Crippen molar-refractivity contribution >= 4 is 21.9 Å². The van der Waals surface area contributed by atoms with Crippen LogP contribution in [0, 0.1) is 11.3 Å². The summed E-state index contributed by atoms with van der Waals surface area (Å²) in [6.45, 7) is 0. The number of pyridine rings is 1. The second kappa shape index (κ2) is 5.68. The lowest BCUT2D eigenvalue weighted by Crippen LogP contribution is -2.09. The number of nitriles is 1. The van der Waals surface area contributed by atoms with Gasteiger partial charge in [0.1, 0.15) is 5.69 Å². The van der Waals surface area contributed by atoms with E-state index in [4.69, 9.17) is 10.4 Å². The van der Waals surface area contributed by atoms with Crippen molar-refractivity contribution in [2.45, 2.75) is 18.2 Å². The van der Waals surface area contributed by atoms with Crippen LogP contribution in [0.25, 0.3) is 0 Å². The third kappa shape index (κ3) is 3.20. The number of hydrogen-bond donors (Lipinski definition) is 1. The molecule has 1 heterocycles. The fraction of sp³-hybridized carbons (Fsp3) is 0.300. The van der Waals surface area contributed by atoms with E-state index in [0.29, 0.717) is 0 Å². The molecule has 0 aliphatic heterocycles. The zero-order chi connectivity index (χ0) is 13.0. The lowest BCUT2D eigenvalue weighted by molar-refractivity contribution is -0.136. The average molecular weight is 305 g/mol. The summed E-state index contributed by atoms with van der Waals surface area (Å²) in [5.74, 6) is -1.14. The van der Waals surface area contributed by atoms with E-state index in [1.165, 1.54) is 0 Å². The molecule has 90 valence electrons. The highest BCUT2D eigenvalue weighted by molar-refractivity contribution is 9.08. The van der Waals surface area contributed by atoms with Crippen molar-refractivity contribution in [2.24, 2.45) is 0 Å². The predicted octanol–water partition coefficient (Wildman–Crippen LogP) is 2.41. The van der Waals surface area contributed by atoms with E-state index < -0.39 is 24.5 Å². The van der Waals surface area contributed by atoms with Crippen molar-refractivity contribution in [1.29, 1.82) is 5.26 Å². The van der Waals surface area contributed by atoms with E-state index >= 15 is 0 Å². The summed E-state index contributed by atoms with van der Waals surface area (Å²) in [4.78, 5) is 14.3. The first-order valence-corrected chi connectivity index (χ1v) is 5.60. The van der Waals surface area contributed by atoms with Crippen molar-refractivity contribution in [3.8, 4) is 6.07 Å². The van der Waals surface area contributed by atoms with E-state index in [1.807, 2.05) is 0 Å². The van der Waals surface area contributed by atoms with E-state index in [1.54, 1.807) is 6.07 Å². The van der Waals surface area contributed by atoms with Gasteiger partial charge >= 0.3 is 5.97 Å². The quantitative estimate of drug-likeness (QED) is 0.867. The van der Waals surface area contributed by atoms with Crippen LogP contribution in [0.15, 0.2) is 6.07 Å². The number of carboxylic acids is 1. The Morgan fingerprint density at radius 1 is 1.65 bits per heavy atom. The molecule has 0 bridgehead atoms. The number of carbonyl (C=O) groups is 1. The number of aliphatic carboxylic acids is 1. The molecule has 0 saturated carbocycles. The Balaban J connectivity index is 3.37. The minimum atomic E-state index is -2.79. The summed E-state index contributed by atoms with van der Waals surface area (Å²) in [5.41, 5.74) is -0.277. The van der Waals surface area contributed by atoms with Gasteiger partial charge in [-0.1, -0.05) is 15.9 Å². The number of alkyl halides is 3. The zero-order valence-electron chi connectivity index (χ0n) is 8.45. The van der Waals surface area contributed by atoms with Gasteiger partial charge in [0.2, 0.25) is 0 Å². The molecule has 1 rings (SSSR count). The van der Waals surface area contributed by atoms with Crippen LogP contribution in [-0.4, -0.2) is 16.1 Å². The fourth-order valence-electron chi connectivity index (χ4n) is 1.32. The predicted molar refractivity (Wildman–Crippen MR) is 57.9 cm³/mol. The molecule has 1 N–H and O–H groups in total. The molecule has 4 nitrogen and oxygen atoms in total. The number of nitrogens with zero attached hydrogens (tertiary/aromatic N) is 2. The molecule has 0 radical (unpaired) electrons. The summed E-state index contributed by atoms with van der Waals surface area (Å²) >= 11 is 3.04. The Morgan fingerprint density at radius 3 is 2.71 bits per heavy atom. The molecule has 0 aliphatic carbocycles. The molecule has 0 spiro atoms. The number of hydrogen-bond acceptors (Lipinski definition) is 3. The van der Waals surface area contributed by atoms with E-state index in [9.17, 15) is 13.6 Å². The van der Waals surface area contributed by atoms with Crippen LogP contribution in [0.5, 0.6) is 0 Å². The van der Waals surface area contributed by atoms with Crippen LogP contribution in [0.1, 0.15) is 28.9 Å². The molecule has 0 aliphatic rings. The summed E-state index contributed by atoms with van der Waals surface area (Å²) < 4.78 is 25.0. The van der Waals surface area contributed by atoms with Crippen LogP contribution < -0.4 is 0 Å². The van der Waals surface area contributed by atoms with Crippen LogP contribution in [-0.2, 0) is 16.5 Å². The molecule has 0 saturated heterocycles. The largest absolute Gasteiger partial charge is 0.481 e. The van der Waals surface area contributed by atoms with Crippen LogP contribution in [0.3, 0.4) is 0 Å². The highest BCUT2D eigenvalue weighted by Crippen LogP contribution is 2.23. The Labute approximate surface area is 104 Å². The molecule has 0 aromatic carbocycles. The van der Waals surface area contributed by atoms with Crippen LogP contribution in [0.4, 0.5) is 8.78 Å². The van der Waals surface area contributed by atoms with Gasteiger partial charge in [0.05, 0.1) is 23.7 Å². The van der Waals surface area contributed by atoms with Crippen LogP contribution in [0.2, 0.25) is 0 Å². The standard InChI is InChI=1S/C10H7BrF2N2O2/c11-3-8-6(2-9(16)17)5(4-14)1-7(15-8)10(12)13/h1,10H,2-3H2,(H,16,17). The lowest BCUT2D eigenvalue weighted by atomic mass is 10.0. The van der Waals surface area contributed by atoms with Crippen molar-refractivity contribution in [3.05, 3.63) is 28.6 Å². The molecular formula is C10H7BrF2N2O2. The van der Waals surface area contributed by atoms with Gasteiger partial charge in [0.25, 0.3) is 6.43 Å². The van der Waals surface area contributed by atoms with Gasteiger partial charge in [-0.25, -0.2) is 8.78 Å². The smallest absolute Gasteiger partial charge is 0.307 e. The molecule has 1 aromatic heterocycles. The van der Waals surface area contributed by atoms with Gasteiger partial charge in [0, 0.05) is 10.9 Å². The molecule has 7 heteroatoms. The summed E-state index contributed by atoms with van der Waals surface area (Å²) in [5, 5.41) is 17.6. The first kappa shape index (κ1) is 13.5. The fourth-order valence-corrected chi connectivity index (χ4v) is 1.78. The molecule has 0 atom stereocenters. The number of carboxylic acid groups (broad SMARTS) is 1. The van der Waals surface area contributed by atoms with Gasteiger partial charge in [0.15, 0.2) is 0 Å². The second-order valence-electron chi connectivity index (χ2n) is 3.14. The maximum absolute atomic E-state index is 12.5. The normalized spacial score (nSPS) is 10.3. The van der Waals surface area contributed by atoms with Gasteiger partial charge in [-0.3, -0.25) is 9.78 Å². The highest BCUT2D eigenvalue weighted by Gasteiger charge is 2.18. The number of aromatic nitrogens is 1. The van der Waals surface area contributed by atoms with Crippen molar-refractivity contribution in [3.63, 3.8) is 0 Å². The molecule has 0 unspecified atom stereocenters. The topological polar surface area (TPSA) is 74.0 Å². The molecular weight excluding hydrogens is 298 g/mol. The second-order valence-corrected chi connectivity index (χ2v) is 3.70. The van der Waals surface area contributed by atoms with Gasteiger partial charge in [-0.15, -0.1) is 0 Å².